The Labute approximate surface area is 183 Å². The van der Waals surface area contributed by atoms with Crippen molar-refractivity contribution in [3.8, 4) is 0 Å². The second-order valence-electron chi connectivity index (χ2n) is 8.01. The first kappa shape index (κ1) is 22.1. The average molecular weight is 429 g/mol. The number of benzene rings is 2. The molecule has 1 aliphatic heterocycles. The molecule has 1 atom stereocenters. The lowest BCUT2D eigenvalue weighted by atomic mass is 9.88. The van der Waals surface area contributed by atoms with Gasteiger partial charge in [-0.25, -0.2) is 4.79 Å². The molecule has 3 amide bonds. The molecule has 7 heteroatoms. The van der Waals surface area contributed by atoms with Gasteiger partial charge in [-0.1, -0.05) is 25.1 Å². The highest BCUT2D eigenvalue weighted by Gasteiger charge is 2.28. The molecule has 160 valence electrons. The highest BCUT2D eigenvalue weighted by atomic mass is 35.5. The van der Waals surface area contributed by atoms with Crippen LogP contribution in [-0.2, 0) is 17.6 Å². The van der Waals surface area contributed by atoms with E-state index in [4.69, 9.17) is 0 Å². The van der Waals surface area contributed by atoms with Gasteiger partial charge in [0.05, 0.1) is 0 Å². The maximum Gasteiger partial charge on any atom is 0.323 e. The van der Waals surface area contributed by atoms with Crippen molar-refractivity contribution in [2.75, 3.05) is 29.0 Å². The molecule has 2 aromatic rings. The topological polar surface area (TPSA) is 82.3 Å². The van der Waals surface area contributed by atoms with Gasteiger partial charge in [-0.15, -0.1) is 12.4 Å². The molecule has 0 bridgehead atoms. The third-order valence-electron chi connectivity index (χ3n) is 5.97. The van der Waals surface area contributed by atoms with E-state index >= 15 is 0 Å². The summed E-state index contributed by atoms with van der Waals surface area (Å²) in [4.78, 5) is 24.9. The number of halogens is 1. The summed E-state index contributed by atoms with van der Waals surface area (Å²) < 4.78 is 0. The molecule has 1 aliphatic carbocycles. The molecule has 6 nitrogen and oxygen atoms in total. The third-order valence-corrected chi connectivity index (χ3v) is 5.97. The summed E-state index contributed by atoms with van der Waals surface area (Å²) in [5.74, 6) is 0.355. The number of aryl methyl sites for hydroxylation is 1. The van der Waals surface area contributed by atoms with Crippen molar-refractivity contribution in [3.63, 3.8) is 0 Å². The molecule has 1 saturated heterocycles. The molecule has 30 heavy (non-hydrogen) atoms. The van der Waals surface area contributed by atoms with Crippen molar-refractivity contribution in [1.82, 2.24) is 5.32 Å². The molecule has 2 aliphatic rings. The fraction of sp³-hybridized carbons (Fsp3) is 0.391. The fourth-order valence-electron chi connectivity index (χ4n) is 3.99. The van der Waals surface area contributed by atoms with Gasteiger partial charge in [-0.2, -0.15) is 0 Å². The zero-order valence-corrected chi connectivity index (χ0v) is 18.0. The predicted molar refractivity (Wildman–Crippen MR) is 124 cm³/mol. The van der Waals surface area contributed by atoms with E-state index in [1.54, 1.807) is 6.07 Å². The highest BCUT2D eigenvalue weighted by molar-refractivity contribution is 6.01. The van der Waals surface area contributed by atoms with E-state index in [0.717, 1.165) is 38.0 Å². The minimum atomic E-state index is -0.277. The maximum atomic E-state index is 12.5. The maximum absolute atomic E-state index is 12.5. The molecule has 0 aromatic heterocycles. The van der Waals surface area contributed by atoms with Crippen molar-refractivity contribution in [3.05, 3.63) is 53.6 Å². The summed E-state index contributed by atoms with van der Waals surface area (Å²) in [7, 11) is 0. The Hall–Kier alpha value is -2.57. The molecule has 0 saturated carbocycles. The van der Waals surface area contributed by atoms with Crippen molar-refractivity contribution in [2.45, 2.75) is 32.6 Å². The van der Waals surface area contributed by atoms with Crippen LogP contribution in [-0.4, -0.2) is 25.0 Å². The second-order valence-corrected chi connectivity index (χ2v) is 8.01. The lowest BCUT2D eigenvalue weighted by Crippen LogP contribution is -2.48. The van der Waals surface area contributed by atoms with Gasteiger partial charge in [0, 0.05) is 23.0 Å². The number of hydrogen-bond donors (Lipinski definition) is 4. The number of amides is 3. The Kier molecular flexibility index (Phi) is 7.34. The largest absolute Gasteiger partial charge is 0.326 e. The Morgan fingerprint density at radius 2 is 1.67 bits per heavy atom. The molecular weight excluding hydrogens is 400 g/mol. The predicted octanol–water partition coefficient (Wildman–Crippen LogP) is 4.43. The quantitative estimate of drug-likeness (QED) is 0.568. The Morgan fingerprint density at radius 3 is 2.40 bits per heavy atom. The normalized spacial score (nSPS) is 16.3. The fourth-order valence-corrected chi connectivity index (χ4v) is 3.99. The van der Waals surface area contributed by atoms with Gasteiger partial charge in [-0.3, -0.25) is 4.79 Å². The highest BCUT2D eigenvalue weighted by Crippen LogP contribution is 2.28. The SMILES string of the molecule is CC(C(=O)Nc1cccc(NC(=O)Nc2cccc3c2CCCC3)c1)C1CNC1.Cl. The monoisotopic (exact) mass is 428 g/mol. The average Bonchev–Trinajstić information content (AvgIpc) is 2.67. The van der Waals surface area contributed by atoms with Crippen LogP contribution in [0, 0.1) is 11.8 Å². The summed E-state index contributed by atoms with van der Waals surface area (Å²) in [5, 5.41) is 12.0. The zero-order chi connectivity index (χ0) is 20.2. The molecule has 4 N–H and O–H groups in total. The van der Waals surface area contributed by atoms with Crippen LogP contribution in [0.4, 0.5) is 21.9 Å². The van der Waals surface area contributed by atoms with E-state index in [-0.39, 0.29) is 30.3 Å². The number of nitrogens with one attached hydrogen (secondary N) is 4. The van der Waals surface area contributed by atoms with Crippen LogP contribution in [0.1, 0.15) is 30.9 Å². The van der Waals surface area contributed by atoms with E-state index in [2.05, 4.69) is 27.3 Å². The van der Waals surface area contributed by atoms with Crippen molar-refractivity contribution in [2.24, 2.45) is 11.8 Å². The van der Waals surface area contributed by atoms with Crippen molar-refractivity contribution >= 4 is 41.4 Å². The van der Waals surface area contributed by atoms with Crippen molar-refractivity contribution in [1.29, 1.82) is 0 Å². The Bertz CT molecular complexity index is 914. The Morgan fingerprint density at radius 1 is 0.967 bits per heavy atom. The number of urea groups is 1. The van der Waals surface area contributed by atoms with Crippen molar-refractivity contribution < 1.29 is 9.59 Å². The van der Waals surface area contributed by atoms with Gasteiger partial charge in [0.25, 0.3) is 0 Å². The minimum Gasteiger partial charge on any atom is -0.326 e. The van der Waals surface area contributed by atoms with E-state index in [1.165, 1.54) is 17.5 Å². The first-order valence-corrected chi connectivity index (χ1v) is 10.4. The number of carbonyl (C=O) groups is 2. The van der Waals surface area contributed by atoms with Crippen LogP contribution in [0.5, 0.6) is 0 Å². The van der Waals surface area contributed by atoms with Crippen LogP contribution in [0.2, 0.25) is 0 Å². The van der Waals surface area contributed by atoms with Crippen LogP contribution >= 0.6 is 12.4 Å². The Balaban J connectivity index is 0.00000256. The lowest BCUT2D eigenvalue weighted by molar-refractivity contribution is -0.121. The summed E-state index contributed by atoms with van der Waals surface area (Å²) in [6.07, 6.45) is 4.44. The van der Waals surface area contributed by atoms with Crippen LogP contribution in [0.15, 0.2) is 42.5 Å². The molecule has 0 radical (unpaired) electrons. The first-order chi connectivity index (χ1) is 14.1. The van der Waals surface area contributed by atoms with E-state index in [0.29, 0.717) is 17.3 Å². The summed E-state index contributed by atoms with van der Waals surface area (Å²) >= 11 is 0. The number of rotatable bonds is 5. The van der Waals surface area contributed by atoms with Gasteiger partial charge in [0.2, 0.25) is 5.91 Å². The number of anilines is 3. The summed E-state index contributed by atoms with van der Waals surface area (Å²) in [5.41, 5.74) is 4.78. The van der Waals surface area contributed by atoms with Gasteiger partial charge in [0.15, 0.2) is 0 Å². The number of carbonyl (C=O) groups excluding carboxylic acids is 2. The lowest BCUT2D eigenvalue weighted by Gasteiger charge is -2.31. The second kappa shape index (κ2) is 9.96. The summed E-state index contributed by atoms with van der Waals surface area (Å²) in [6.45, 7) is 3.73. The van der Waals surface area contributed by atoms with Gasteiger partial charge in [0.1, 0.15) is 0 Å². The van der Waals surface area contributed by atoms with Gasteiger partial charge in [-0.05, 0) is 80.1 Å². The van der Waals surface area contributed by atoms with Crippen LogP contribution in [0.3, 0.4) is 0 Å². The number of fused-ring (bicyclic) bond motifs is 1. The van der Waals surface area contributed by atoms with E-state index in [9.17, 15) is 9.59 Å². The zero-order valence-electron chi connectivity index (χ0n) is 17.2. The molecule has 1 heterocycles. The molecular formula is C23H29ClN4O2. The van der Waals surface area contributed by atoms with Crippen LogP contribution < -0.4 is 21.3 Å². The number of hydrogen-bond acceptors (Lipinski definition) is 3. The standard InChI is InChI=1S/C23H28N4O2.ClH/c1-15(17-13-24-14-17)22(28)25-18-8-5-9-19(12-18)26-23(29)27-21-11-4-7-16-6-2-3-10-20(16)21;/h4-5,7-9,11-12,15,17,24H,2-3,6,10,13-14H2,1H3,(H,25,28)(H2,26,27,29);1H. The summed E-state index contributed by atoms with van der Waals surface area (Å²) in [6, 6.07) is 13.1. The van der Waals surface area contributed by atoms with Gasteiger partial charge < -0.3 is 21.3 Å². The van der Waals surface area contributed by atoms with E-state index < -0.39 is 0 Å². The minimum absolute atomic E-state index is 0. The molecule has 0 spiro atoms. The molecule has 2 aromatic carbocycles. The van der Waals surface area contributed by atoms with Crippen LogP contribution in [0.25, 0.3) is 0 Å². The third kappa shape index (κ3) is 5.12. The van der Waals surface area contributed by atoms with Gasteiger partial charge >= 0.3 is 6.03 Å². The first-order valence-electron chi connectivity index (χ1n) is 10.4. The smallest absolute Gasteiger partial charge is 0.323 e. The molecule has 1 unspecified atom stereocenters. The molecule has 1 fully saturated rings. The molecule has 4 rings (SSSR count). The van der Waals surface area contributed by atoms with E-state index in [1.807, 2.05) is 37.3 Å².